The van der Waals surface area contributed by atoms with Crippen LogP contribution in [0.2, 0.25) is 0 Å². The summed E-state index contributed by atoms with van der Waals surface area (Å²) in [5, 5.41) is 12.3. The molecule has 4 rings (SSSR count). The number of nitrogens with one attached hydrogen (secondary N) is 2. The molecule has 2 N–H and O–H groups in total. The van der Waals surface area contributed by atoms with E-state index in [2.05, 4.69) is 20.4 Å². The minimum Gasteiger partial charge on any atom is -0.320 e. The van der Waals surface area contributed by atoms with Crippen molar-refractivity contribution in [3.63, 3.8) is 0 Å². The average Bonchev–Trinajstić information content (AvgIpc) is 3.16. The van der Waals surface area contributed by atoms with Gasteiger partial charge in [-0.05, 0) is 63.1 Å². The van der Waals surface area contributed by atoms with Gasteiger partial charge in [0.15, 0.2) is 0 Å². The van der Waals surface area contributed by atoms with Gasteiger partial charge in [-0.3, -0.25) is 9.59 Å². The summed E-state index contributed by atoms with van der Waals surface area (Å²) in [7, 11) is -4.11. The molecule has 1 heterocycles. The van der Waals surface area contributed by atoms with Crippen molar-refractivity contribution < 1.29 is 18.0 Å². The minimum atomic E-state index is -4.11. The number of carbonyl (C=O) groups excluding carboxylic acids is 2. The number of amides is 2. The smallest absolute Gasteiger partial charge is 0.276 e. The number of anilines is 2. The number of carbonyl (C=O) groups is 2. The Morgan fingerprint density at radius 2 is 1.51 bits per heavy atom. The minimum absolute atomic E-state index is 0.0228. The van der Waals surface area contributed by atoms with Crippen LogP contribution in [0.25, 0.3) is 0 Å². The van der Waals surface area contributed by atoms with Gasteiger partial charge in [-0.1, -0.05) is 54.1 Å². The van der Waals surface area contributed by atoms with Crippen LogP contribution >= 0.6 is 0 Å². The SMILES string of the molecule is CC1=NN(c2ccccc2)C(=O)C1/C(=N\NS(=O)(=O)c1ccc(C)cc1)C(=O)Nc1c(C)cccc1C. The van der Waals surface area contributed by atoms with Crippen molar-refractivity contribution in [3.8, 4) is 0 Å². The first-order valence-corrected chi connectivity index (χ1v) is 13.0. The van der Waals surface area contributed by atoms with E-state index in [1.54, 1.807) is 43.3 Å². The molecule has 0 spiro atoms. The van der Waals surface area contributed by atoms with Crippen LogP contribution in [0.4, 0.5) is 11.4 Å². The maximum Gasteiger partial charge on any atom is 0.276 e. The molecule has 2 amide bonds. The zero-order valence-corrected chi connectivity index (χ0v) is 21.7. The Kier molecular flexibility index (Phi) is 7.21. The van der Waals surface area contributed by atoms with Gasteiger partial charge in [-0.15, -0.1) is 0 Å². The summed E-state index contributed by atoms with van der Waals surface area (Å²) in [6, 6.07) is 20.5. The van der Waals surface area contributed by atoms with Crippen molar-refractivity contribution in [2.45, 2.75) is 32.6 Å². The highest BCUT2D eigenvalue weighted by atomic mass is 32.2. The van der Waals surface area contributed by atoms with Crippen molar-refractivity contribution in [2.24, 2.45) is 16.1 Å². The number of para-hydroxylation sites is 2. The van der Waals surface area contributed by atoms with E-state index in [0.29, 0.717) is 17.1 Å². The van der Waals surface area contributed by atoms with Gasteiger partial charge >= 0.3 is 0 Å². The molecule has 0 aromatic heterocycles. The van der Waals surface area contributed by atoms with Crippen LogP contribution in [-0.4, -0.2) is 31.7 Å². The van der Waals surface area contributed by atoms with Gasteiger partial charge in [-0.2, -0.15) is 28.5 Å². The third-order valence-electron chi connectivity index (χ3n) is 5.98. The second kappa shape index (κ2) is 10.4. The normalized spacial score (nSPS) is 15.9. The molecule has 0 fully saturated rings. The van der Waals surface area contributed by atoms with Gasteiger partial charge in [0.2, 0.25) is 0 Å². The van der Waals surface area contributed by atoms with E-state index < -0.39 is 27.8 Å². The number of sulfonamides is 1. The van der Waals surface area contributed by atoms with Gasteiger partial charge in [0.25, 0.3) is 21.8 Å². The Morgan fingerprint density at radius 1 is 0.892 bits per heavy atom. The Balaban J connectivity index is 1.72. The number of nitrogens with zero attached hydrogens (tertiary/aromatic N) is 3. The first-order chi connectivity index (χ1) is 17.6. The summed E-state index contributed by atoms with van der Waals surface area (Å²) < 4.78 is 25.9. The lowest BCUT2D eigenvalue weighted by atomic mass is 9.97. The molecule has 37 heavy (non-hydrogen) atoms. The van der Waals surface area contributed by atoms with Crippen LogP contribution in [0.3, 0.4) is 0 Å². The molecular formula is C27H27N5O4S. The summed E-state index contributed by atoms with van der Waals surface area (Å²) in [6.45, 7) is 7.11. The Morgan fingerprint density at radius 3 is 2.14 bits per heavy atom. The topological polar surface area (TPSA) is 120 Å². The van der Waals surface area contributed by atoms with E-state index in [-0.39, 0.29) is 10.6 Å². The molecule has 1 aliphatic rings. The Hall–Kier alpha value is -4.31. The lowest BCUT2D eigenvalue weighted by molar-refractivity contribution is -0.119. The van der Waals surface area contributed by atoms with Crippen molar-refractivity contribution in [2.75, 3.05) is 10.3 Å². The van der Waals surface area contributed by atoms with Crippen molar-refractivity contribution >= 4 is 44.6 Å². The molecular weight excluding hydrogens is 490 g/mol. The third kappa shape index (κ3) is 5.44. The van der Waals surface area contributed by atoms with Gasteiger partial charge in [0.1, 0.15) is 11.6 Å². The fraction of sp³-hybridized carbons (Fsp3) is 0.185. The van der Waals surface area contributed by atoms with E-state index in [1.807, 2.05) is 45.0 Å². The van der Waals surface area contributed by atoms with E-state index in [4.69, 9.17) is 0 Å². The van der Waals surface area contributed by atoms with Crippen LogP contribution in [0.1, 0.15) is 23.6 Å². The predicted octanol–water partition coefficient (Wildman–Crippen LogP) is 3.92. The van der Waals surface area contributed by atoms with Crippen molar-refractivity contribution in [1.82, 2.24) is 4.83 Å². The molecule has 0 bridgehead atoms. The maximum absolute atomic E-state index is 13.5. The number of aryl methyl sites for hydroxylation is 3. The second-order valence-electron chi connectivity index (χ2n) is 8.79. The molecule has 0 aliphatic carbocycles. The zero-order valence-electron chi connectivity index (χ0n) is 20.9. The summed E-state index contributed by atoms with van der Waals surface area (Å²) in [6.07, 6.45) is 0. The van der Waals surface area contributed by atoms with E-state index in [1.165, 1.54) is 17.1 Å². The van der Waals surface area contributed by atoms with Gasteiger partial charge in [0.05, 0.1) is 16.3 Å². The maximum atomic E-state index is 13.5. The molecule has 190 valence electrons. The lowest BCUT2D eigenvalue weighted by Gasteiger charge is -2.17. The van der Waals surface area contributed by atoms with E-state index in [0.717, 1.165) is 16.7 Å². The molecule has 0 radical (unpaired) electrons. The monoisotopic (exact) mass is 517 g/mol. The number of hydrazone groups is 2. The van der Waals surface area contributed by atoms with E-state index >= 15 is 0 Å². The highest BCUT2D eigenvalue weighted by molar-refractivity contribution is 7.89. The summed E-state index contributed by atoms with van der Waals surface area (Å²) in [5.41, 5.74) is 3.57. The Bertz CT molecular complexity index is 1490. The summed E-state index contributed by atoms with van der Waals surface area (Å²) in [4.78, 5) is 29.1. The summed E-state index contributed by atoms with van der Waals surface area (Å²) in [5.74, 6) is -2.43. The first kappa shape index (κ1) is 25.8. The quantitative estimate of drug-likeness (QED) is 0.364. The van der Waals surface area contributed by atoms with Crippen LogP contribution in [0, 0.1) is 26.7 Å². The zero-order chi connectivity index (χ0) is 26.7. The summed E-state index contributed by atoms with van der Waals surface area (Å²) >= 11 is 0. The van der Waals surface area contributed by atoms with E-state index in [9.17, 15) is 18.0 Å². The fourth-order valence-electron chi connectivity index (χ4n) is 3.95. The second-order valence-corrected chi connectivity index (χ2v) is 10.4. The first-order valence-electron chi connectivity index (χ1n) is 11.6. The highest BCUT2D eigenvalue weighted by Crippen LogP contribution is 2.26. The molecule has 1 aliphatic heterocycles. The molecule has 0 saturated carbocycles. The van der Waals surface area contributed by atoms with Gasteiger partial charge in [-0.25, -0.2) is 0 Å². The van der Waals surface area contributed by atoms with Crippen LogP contribution < -0.4 is 15.2 Å². The molecule has 1 atom stereocenters. The standard InChI is InChI=1S/C27H27N5O4S/c1-17-13-15-22(16-14-17)37(35,36)31-29-25(26(33)28-24-18(2)9-8-10-19(24)3)23-20(4)30-32(27(23)34)21-11-6-5-7-12-21/h5-16,23,31H,1-4H3,(H,28,33)/b29-25+. The van der Waals surface area contributed by atoms with Crippen molar-refractivity contribution in [3.05, 3.63) is 89.5 Å². The van der Waals surface area contributed by atoms with Gasteiger partial charge in [0, 0.05) is 5.69 Å². The number of hydrogen-bond acceptors (Lipinski definition) is 6. The van der Waals surface area contributed by atoms with Crippen LogP contribution in [0.15, 0.2) is 87.9 Å². The van der Waals surface area contributed by atoms with Crippen LogP contribution in [-0.2, 0) is 19.6 Å². The Labute approximate surface area is 215 Å². The third-order valence-corrected chi connectivity index (χ3v) is 7.20. The number of benzene rings is 3. The highest BCUT2D eigenvalue weighted by Gasteiger charge is 2.41. The number of hydrogen-bond donors (Lipinski definition) is 2. The molecule has 0 saturated heterocycles. The molecule has 10 heteroatoms. The van der Waals surface area contributed by atoms with Crippen molar-refractivity contribution in [1.29, 1.82) is 0 Å². The average molecular weight is 518 g/mol. The molecule has 1 unspecified atom stereocenters. The van der Waals surface area contributed by atoms with Crippen LogP contribution in [0.5, 0.6) is 0 Å². The number of rotatable bonds is 7. The molecule has 9 nitrogen and oxygen atoms in total. The fourth-order valence-corrected chi connectivity index (χ4v) is 4.77. The lowest BCUT2D eigenvalue weighted by Crippen LogP contribution is -2.41. The largest absolute Gasteiger partial charge is 0.320 e. The molecule has 3 aromatic rings. The molecule has 3 aromatic carbocycles. The van der Waals surface area contributed by atoms with Gasteiger partial charge < -0.3 is 5.32 Å². The predicted molar refractivity (Wildman–Crippen MR) is 144 cm³/mol.